The second-order valence-corrected chi connectivity index (χ2v) is 9.12. The minimum absolute atomic E-state index is 0.0864. The summed E-state index contributed by atoms with van der Waals surface area (Å²) in [5.74, 6) is 0. The van der Waals surface area contributed by atoms with Crippen molar-refractivity contribution in [3.8, 4) is 6.07 Å². The molecule has 188 valence electrons. The smallest absolute Gasteiger partial charge is 0.140 e. The Labute approximate surface area is 202 Å². The number of nitriles is 1. The van der Waals surface area contributed by atoms with Gasteiger partial charge in [0.25, 0.3) is 0 Å². The number of nitrogens with zero attached hydrogens (tertiary/aromatic N) is 2. The van der Waals surface area contributed by atoms with Crippen molar-refractivity contribution in [1.29, 1.82) is 5.26 Å². The van der Waals surface area contributed by atoms with Crippen LogP contribution >= 0.6 is 0 Å². The summed E-state index contributed by atoms with van der Waals surface area (Å²) in [7, 11) is 0. The van der Waals surface area contributed by atoms with Gasteiger partial charge in [0.2, 0.25) is 0 Å². The average molecular weight is 461 g/mol. The van der Waals surface area contributed by atoms with Crippen molar-refractivity contribution < 1.29 is 14.6 Å². The highest BCUT2D eigenvalue weighted by Gasteiger charge is 2.09. The van der Waals surface area contributed by atoms with Crippen LogP contribution in [-0.2, 0) is 16.1 Å². The average Bonchev–Trinajstić information content (AvgIpc) is 2.85. The van der Waals surface area contributed by atoms with Crippen LogP contribution in [0.2, 0.25) is 0 Å². The normalized spacial score (nSPS) is 12.0. The first kappa shape index (κ1) is 29.6. The van der Waals surface area contributed by atoms with Gasteiger partial charge in [-0.25, -0.2) is 4.98 Å². The number of rotatable bonds is 23. The summed E-state index contributed by atoms with van der Waals surface area (Å²) in [4.78, 5) is 4.17. The zero-order chi connectivity index (χ0) is 23.8. The minimum atomic E-state index is -0.362. The van der Waals surface area contributed by atoms with Crippen LogP contribution < -0.4 is 0 Å². The monoisotopic (exact) mass is 460 g/mol. The first-order chi connectivity index (χ1) is 16.3. The Morgan fingerprint density at radius 1 is 0.848 bits per heavy atom. The van der Waals surface area contributed by atoms with Gasteiger partial charge in [-0.15, -0.1) is 0 Å². The van der Waals surface area contributed by atoms with Gasteiger partial charge in [0, 0.05) is 6.61 Å². The fourth-order valence-corrected chi connectivity index (χ4v) is 3.95. The number of aromatic nitrogens is 1. The molecule has 0 saturated heterocycles. The Balaban J connectivity index is 1.85. The number of ether oxygens (including phenoxy) is 2. The summed E-state index contributed by atoms with van der Waals surface area (Å²) >= 11 is 0. The lowest BCUT2D eigenvalue weighted by molar-refractivity contribution is -0.0511. The molecule has 0 aliphatic heterocycles. The molecule has 33 heavy (non-hydrogen) atoms. The number of aliphatic hydroxyl groups excluding tert-OH is 1. The molecule has 0 amide bonds. The number of pyridine rings is 1. The van der Waals surface area contributed by atoms with Crippen LogP contribution in [-0.4, -0.2) is 36.0 Å². The van der Waals surface area contributed by atoms with E-state index in [1.807, 2.05) is 12.1 Å². The molecule has 1 heterocycles. The Hall–Kier alpha value is -1.48. The highest BCUT2D eigenvalue weighted by atomic mass is 16.5. The second kappa shape index (κ2) is 22.3. The highest BCUT2D eigenvalue weighted by Crippen LogP contribution is 2.13. The van der Waals surface area contributed by atoms with E-state index >= 15 is 0 Å². The first-order valence-corrected chi connectivity index (χ1v) is 13.5. The van der Waals surface area contributed by atoms with E-state index in [4.69, 9.17) is 14.7 Å². The molecule has 5 nitrogen and oxygen atoms in total. The van der Waals surface area contributed by atoms with Gasteiger partial charge < -0.3 is 14.6 Å². The number of hydrogen-bond donors (Lipinski definition) is 1. The molecule has 0 aliphatic carbocycles. The molecule has 1 aromatic rings. The molecule has 1 rings (SSSR count). The summed E-state index contributed by atoms with van der Waals surface area (Å²) in [5, 5.41) is 18.4. The van der Waals surface area contributed by atoms with E-state index in [2.05, 4.69) is 11.9 Å². The number of aliphatic hydroxyl groups is 1. The van der Waals surface area contributed by atoms with E-state index in [0.29, 0.717) is 24.6 Å². The molecule has 1 aromatic heterocycles. The molecular formula is C28H48N2O3. The summed E-state index contributed by atoms with van der Waals surface area (Å²) < 4.78 is 11.3. The molecule has 0 aromatic carbocycles. The van der Waals surface area contributed by atoms with Crippen LogP contribution in [0, 0.1) is 11.3 Å². The summed E-state index contributed by atoms with van der Waals surface area (Å²) in [6.07, 6.45) is 21.4. The minimum Gasteiger partial charge on any atom is -0.394 e. The molecule has 0 fully saturated rings. The van der Waals surface area contributed by atoms with Gasteiger partial charge in [-0.2, -0.15) is 5.26 Å². The van der Waals surface area contributed by atoms with Crippen molar-refractivity contribution in [2.75, 3.05) is 19.8 Å². The maximum absolute atomic E-state index is 9.47. The van der Waals surface area contributed by atoms with Crippen LogP contribution in [0.1, 0.15) is 121 Å². The van der Waals surface area contributed by atoms with Crippen LogP contribution in [0.15, 0.2) is 18.2 Å². The van der Waals surface area contributed by atoms with E-state index in [1.165, 1.54) is 96.3 Å². The van der Waals surface area contributed by atoms with Gasteiger partial charge in [0.1, 0.15) is 17.9 Å². The summed E-state index contributed by atoms with van der Waals surface area (Å²) in [6.45, 7) is 3.55. The van der Waals surface area contributed by atoms with Crippen molar-refractivity contribution in [2.24, 2.45) is 0 Å². The van der Waals surface area contributed by atoms with E-state index in [9.17, 15) is 5.11 Å². The third-order valence-electron chi connectivity index (χ3n) is 6.04. The standard InChI is InChI=1S/C28H48N2O3/c1-2-3-4-5-6-7-8-9-10-11-12-13-14-15-16-17-21-32-25-28(23-31)33-24-27-20-18-19-26(22-29)30-27/h18-20,28,31H,2-17,21,23-25H2,1H3/t28-/m0/s1. The fourth-order valence-electron chi connectivity index (χ4n) is 3.95. The maximum Gasteiger partial charge on any atom is 0.140 e. The Morgan fingerprint density at radius 2 is 1.39 bits per heavy atom. The zero-order valence-electron chi connectivity index (χ0n) is 21.1. The van der Waals surface area contributed by atoms with Gasteiger partial charge in [0.05, 0.1) is 25.5 Å². The van der Waals surface area contributed by atoms with E-state index in [-0.39, 0.29) is 19.3 Å². The molecule has 5 heteroatoms. The molecular weight excluding hydrogens is 412 g/mol. The van der Waals surface area contributed by atoms with Crippen LogP contribution in [0.5, 0.6) is 0 Å². The lowest BCUT2D eigenvalue weighted by Crippen LogP contribution is -2.24. The Kier molecular flexibility index (Phi) is 20.0. The second-order valence-electron chi connectivity index (χ2n) is 9.12. The summed E-state index contributed by atoms with van der Waals surface area (Å²) in [5.41, 5.74) is 1.06. The highest BCUT2D eigenvalue weighted by molar-refractivity contribution is 5.21. The van der Waals surface area contributed by atoms with Gasteiger partial charge in [-0.05, 0) is 18.6 Å². The quantitative estimate of drug-likeness (QED) is 0.176. The van der Waals surface area contributed by atoms with Crippen LogP contribution in [0.25, 0.3) is 0 Å². The van der Waals surface area contributed by atoms with E-state index in [0.717, 1.165) is 6.42 Å². The van der Waals surface area contributed by atoms with Crippen LogP contribution in [0.4, 0.5) is 0 Å². The largest absolute Gasteiger partial charge is 0.394 e. The Morgan fingerprint density at radius 3 is 1.91 bits per heavy atom. The molecule has 0 radical (unpaired) electrons. The van der Waals surface area contributed by atoms with Crippen molar-refractivity contribution in [3.05, 3.63) is 29.6 Å². The topological polar surface area (TPSA) is 75.4 Å². The molecule has 1 N–H and O–H groups in total. The molecule has 0 bridgehead atoms. The molecule has 0 unspecified atom stereocenters. The third-order valence-corrected chi connectivity index (χ3v) is 6.04. The predicted octanol–water partition coefficient (Wildman–Crippen LogP) is 7.11. The van der Waals surface area contributed by atoms with Crippen LogP contribution in [0.3, 0.4) is 0 Å². The number of hydrogen-bond acceptors (Lipinski definition) is 5. The van der Waals surface area contributed by atoms with Gasteiger partial charge >= 0.3 is 0 Å². The predicted molar refractivity (Wildman–Crippen MR) is 135 cm³/mol. The molecule has 0 aliphatic rings. The zero-order valence-corrected chi connectivity index (χ0v) is 21.1. The van der Waals surface area contributed by atoms with Gasteiger partial charge in [-0.1, -0.05) is 109 Å². The van der Waals surface area contributed by atoms with E-state index in [1.54, 1.807) is 12.1 Å². The fraction of sp³-hybridized carbons (Fsp3) is 0.786. The Bertz CT molecular complexity index is 603. The number of unbranched alkanes of at least 4 members (excludes halogenated alkanes) is 15. The van der Waals surface area contributed by atoms with Crippen molar-refractivity contribution in [3.63, 3.8) is 0 Å². The van der Waals surface area contributed by atoms with Crippen molar-refractivity contribution in [2.45, 2.75) is 122 Å². The van der Waals surface area contributed by atoms with Gasteiger partial charge in [-0.3, -0.25) is 0 Å². The maximum atomic E-state index is 9.47. The third kappa shape index (κ3) is 17.6. The van der Waals surface area contributed by atoms with E-state index < -0.39 is 0 Å². The SMILES string of the molecule is CCCCCCCCCCCCCCCCCCOC[C@H](CO)OCc1cccc(C#N)n1. The first-order valence-electron chi connectivity index (χ1n) is 13.5. The van der Waals surface area contributed by atoms with Crippen molar-refractivity contribution in [1.82, 2.24) is 4.98 Å². The van der Waals surface area contributed by atoms with Gasteiger partial charge in [0.15, 0.2) is 0 Å². The molecule has 0 spiro atoms. The lowest BCUT2D eigenvalue weighted by atomic mass is 10.0. The molecule has 1 atom stereocenters. The van der Waals surface area contributed by atoms with Crippen molar-refractivity contribution >= 4 is 0 Å². The molecule has 0 saturated carbocycles. The summed E-state index contributed by atoms with van der Waals surface area (Å²) in [6, 6.07) is 7.27. The lowest BCUT2D eigenvalue weighted by Gasteiger charge is -2.15.